The van der Waals surface area contributed by atoms with E-state index in [9.17, 15) is 14.7 Å². The van der Waals surface area contributed by atoms with Crippen LogP contribution in [0.2, 0.25) is 0 Å². The fraction of sp³-hybridized carbons (Fsp3) is 0.0385. The van der Waals surface area contributed by atoms with Gasteiger partial charge in [-0.3, -0.25) is 4.79 Å². The van der Waals surface area contributed by atoms with Crippen molar-refractivity contribution in [2.75, 3.05) is 0 Å². The molecule has 0 bridgehead atoms. The molecule has 0 fully saturated rings. The number of fused-ring (bicyclic) bond motifs is 1. The van der Waals surface area contributed by atoms with Crippen LogP contribution in [0.5, 0.6) is 5.75 Å². The summed E-state index contributed by atoms with van der Waals surface area (Å²) < 4.78 is 5.50. The molecule has 158 valence electrons. The molecular formula is C26H20N2O4. The number of ether oxygens (including phenoxy) is 1. The number of hydrogen-bond acceptors (Lipinski definition) is 5. The third-order valence-electron chi connectivity index (χ3n) is 4.85. The standard InChI is InChI=1S/C26H20N2O4/c29-24(20-8-2-1-3-9-20)25(30)28-27-17-18-13-15-21(16-14-18)32-26(31)23-12-6-10-19-7-4-5-11-22(19)23/h1-17,24,29H,(H,28,30). The average molecular weight is 424 g/mol. The second kappa shape index (κ2) is 9.68. The van der Waals surface area contributed by atoms with Gasteiger partial charge in [-0.25, -0.2) is 10.2 Å². The van der Waals surface area contributed by atoms with Gasteiger partial charge in [0.25, 0.3) is 5.91 Å². The molecule has 6 nitrogen and oxygen atoms in total. The van der Waals surface area contributed by atoms with Gasteiger partial charge in [-0.1, -0.05) is 66.7 Å². The fourth-order valence-corrected chi connectivity index (χ4v) is 3.21. The molecule has 4 rings (SSSR count). The lowest BCUT2D eigenvalue weighted by Crippen LogP contribution is -2.25. The number of rotatable bonds is 6. The molecule has 0 aliphatic rings. The van der Waals surface area contributed by atoms with Crippen molar-refractivity contribution in [3.05, 3.63) is 114 Å². The molecule has 1 unspecified atom stereocenters. The van der Waals surface area contributed by atoms with E-state index in [4.69, 9.17) is 4.74 Å². The quantitative estimate of drug-likeness (QED) is 0.210. The van der Waals surface area contributed by atoms with E-state index in [2.05, 4.69) is 10.5 Å². The van der Waals surface area contributed by atoms with Crippen molar-refractivity contribution in [3.63, 3.8) is 0 Å². The summed E-state index contributed by atoms with van der Waals surface area (Å²) in [7, 11) is 0. The topological polar surface area (TPSA) is 88.0 Å². The van der Waals surface area contributed by atoms with E-state index < -0.39 is 18.0 Å². The Balaban J connectivity index is 1.37. The summed E-state index contributed by atoms with van der Waals surface area (Å²) in [6.45, 7) is 0. The maximum atomic E-state index is 12.6. The normalized spacial score (nSPS) is 11.9. The SMILES string of the molecule is O=C(Oc1ccc(C=NNC(=O)C(O)c2ccccc2)cc1)c1cccc2ccccc12. The zero-order valence-electron chi connectivity index (χ0n) is 17.0. The number of aliphatic hydroxyl groups excluding tert-OH is 1. The molecule has 4 aromatic rings. The van der Waals surface area contributed by atoms with Crippen molar-refractivity contribution in [2.24, 2.45) is 5.10 Å². The van der Waals surface area contributed by atoms with Crippen molar-refractivity contribution in [1.29, 1.82) is 0 Å². The molecule has 1 amide bonds. The van der Waals surface area contributed by atoms with Gasteiger partial charge in [0, 0.05) is 0 Å². The second-order valence-corrected chi connectivity index (χ2v) is 7.03. The molecule has 32 heavy (non-hydrogen) atoms. The van der Waals surface area contributed by atoms with Gasteiger partial charge in [0.15, 0.2) is 6.10 Å². The Bertz CT molecular complexity index is 1260. The van der Waals surface area contributed by atoms with Crippen LogP contribution in [0.25, 0.3) is 10.8 Å². The van der Waals surface area contributed by atoms with Crippen LogP contribution >= 0.6 is 0 Å². The predicted octanol–water partition coefficient (Wildman–Crippen LogP) is 4.24. The van der Waals surface area contributed by atoms with E-state index in [1.807, 2.05) is 36.4 Å². The zero-order chi connectivity index (χ0) is 22.3. The van der Waals surface area contributed by atoms with Crippen LogP contribution in [0.1, 0.15) is 27.6 Å². The highest BCUT2D eigenvalue weighted by Gasteiger charge is 2.16. The van der Waals surface area contributed by atoms with Crippen molar-refractivity contribution in [3.8, 4) is 5.75 Å². The van der Waals surface area contributed by atoms with E-state index in [1.54, 1.807) is 60.7 Å². The molecular weight excluding hydrogens is 404 g/mol. The third kappa shape index (κ3) is 4.88. The van der Waals surface area contributed by atoms with Gasteiger partial charge in [0.2, 0.25) is 0 Å². The smallest absolute Gasteiger partial charge is 0.344 e. The van der Waals surface area contributed by atoms with E-state index in [0.29, 0.717) is 22.4 Å². The number of nitrogens with zero attached hydrogens (tertiary/aromatic N) is 1. The van der Waals surface area contributed by atoms with E-state index in [0.717, 1.165) is 10.8 Å². The van der Waals surface area contributed by atoms with Gasteiger partial charge in [-0.05, 0) is 52.2 Å². The molecule has 0 radical (unpaired) electrons. The van der Waals surface area contributed by atoms with E-state index >= 15 is 0 Å². The van der Waals surface area contributed by atoms with Gasteiger partial charge in [-0.15, -0.1) is 0 Å². The Kier molecular flexibility index (Phi) is 6.34. The molecule has 1 atom stereocenters. The number of hydrogen-bond donors (Lipinski definition) is 2. The summed E-state index contributed by atoms with van der Waals surface area (Å²) in [6, 6.07) is 28.4. The summed E-state index contributed by atoms with van der Waals surface area (Å²) in [6.07, 6.45) is 0.135. The van der Waals surface area contributed by atoms with Gasteiger partial charge >= 0.3 is 5.97 Å². The molecule has 0 heterocycles. The van der Waals surface area contributed by atoms with E-state index in [1.165, 1.54) is 6.21 Å². The molecule has 0 aliphatic carbocycles. The second-order valence-electron chi connectivity index (χ2n) is 7.03. The molecule has 0 spiro atoms. The van der Waals surface area contributed by atoms with Crippen molar-refractivity contribution < 1.29 is 19.4 Å². The largest absolute Gasteiger partial charge is 0.423 e. The minimum Gasteiger partial charge on any atom is -0.423 e. The number of aliphatic hydroxyl groups is 1. The van der Waals surface area contributed by atoms with Crippen LogP contribution < -0.4 is 10.2 Å². The number of hydrazone groups is 1. The highest BCUT2D eigenvalue weighted by molar-refractivity contribution is 6.05. The lowest BCUT2D eigenvalue weighted by molar-refractivity contribution is -0.129. The number of esters is 1. The first-order chi connectivity index (χ1) is 15.6. The molecule has 0 aliphatic heterocycles. The van der Waals surface area contributed by atoms with E-state index in [-0.39, 0.29) is 0 Å². The van der Waals surface area contributed by atoms with Crippen LogP contribution in [0, 0.1) is 0 Å². The molecule has 0 saturated carbocycles. The van der Waals surface area contributed by atoms with Gasteiger partial charge < -0.3 is 9.84 Å². The molecule has 0 aromatic heterocycles. The Morgan fingerprint density at radius 1 is 0.844 bits per heavy atom. The van der Waals surface area contributed by atoms with Crippen molar-refractivity contribution in [1.82, 2.24) is 5.43 Å². The molecule has 6 heteroatoms. The number of carbonyl (C=O) groups is 2. The Labute approximate surface area is 184 Å². The summed E-state index contributed by atoms with van der Waals surface area (Å²) in [5.74, 6) is -0.679. The molecule has 0 saturated heterocycles. The summed E-state index contributed by atoms with van der Waals surface area (Å²) in [5, 5.41) is 15.7. The fourth-order valence-electron chi connectivity index (χ4n) is 3.21. The first-order valence-corrected chi connectivity index (χ1v) is 9.98. The predicted molar refractivity (Wildman–Crippen MR) is 122 cm³/mol. The monoisotopic (exact) mass is 424 g/mol. The molecule has 2 N–H and O–H groups in total. The van der Waals surface area contributed by atoms with Gasteiger partial charge in [0.1, 0.15) is 5.75 Å². The van der Waals surface area contributed by atoms with Crippen molar-refractivity contribution in [2.45, 2.75) is 6.10 Å². The number of amides is 1. The highest BCUT2D eigenvalue weighted by Crippen LogP contribution is 2.21. The highest BCUT2D eigenvalue weighted by atomic mass is 16.5. The number of carbonyl (C=O) groups excluding carboxylic acids is 2. The first-order valence-electron chi connectivity index (χ1n) is 9.98. The van der Waals surface area contributed by atoms with Gasteiger partial charge in [-0.2, -0.15) is 5.10 Å². The Morgan fingerprint density at radius 2 is 1.53 bits per heavy atom. The third-order valence-corrected chi connectivity index (χ3v) is 4.85. The summed E-state index contributed by atoms with van der Waals surface area (Å²) >= 11 is 0. The minimum atomic E-state index is -1.30. The average Bonchev–Trinajstić information content (AvgIpc) is 2.84. The Morgan fingerprint density at radius 3 is 2.31 bits per heavy atom. The van der Waals surface area contributed by atoms with Crippen LogP contribution in [-0.2, 0) is 4.79 Å². The molecule has 4 aromatic carbocycles. The van der Waals surface area contributed by atoms with Gasteiger partial charge in [0.05, 0.1) is 11.8 Å². The van der Waals surface area contributed by atoms with Crippen molar-refractivity contribution >= 4 is 28.9 Å². The van der Waals surface area contributed by atoms with Crippen LogP contribution in [-0.4, -0.2) is 23.2 Å². The van der Waals surface area contributed by atoms with Crippen LogP contribution in [0.3, 0.4) is 0 Å². The van der Waals surface area contributed by atoms with Crippen LogP contribution in [0.15, 0.2) is 102 Å². The lowest BCUT2D eigenvalue weighted by Gasteiger charge is -2.08. The maximum Gasteiger partial charge on any atom is 0.344 e. The summed E-state index contributed by atoms with van der Waals surface area (Å²) in [5.41, 5.74) is 3.97. The zero-order valence-corrected chi connectivity index (χ0v) is 17.0. The number of benzene rings is 4. The summed E-state index contributed by atoms with van der Waals surface area (Å²) in [4.78, 5) is 24.6. The minimum absolute atomic E-state index is 0.392. The first kappa shape index (κ1) is 21.0. The van der Waals surface area contributed by atoms with Crippen LogP contribution in [0.4, 0.5) is 0 Å². The lowest BCUT2D eigenvalue weighted by atomic mass is 10.0. The number of nitrogens with one attached hydrogen (secondary N) is 1. The maximum absolute atomic E-state index is 12.6. The Hall–Kier alpha value is -4.29.